The van der Waals surface area contributed by atoms with Crippen molar-refractivity contribution < 1.29 is 18.0 Å². The average Bonchev–Trinajstić information content (AvgIpc) is 3.27. The van der Waals surface area contributed by atoms with E-state index in [-0.39, 0.29) is 24.3 Å². The van der Waals surface area contributed by atoms with Crippen LogP contribution in [0, 0.1) is 6.92 Å². The molecule has 2 aromatic rings. The van der Waals surface area contributed by atoms with Gasteiger partial charge in [0.15, 0.2) is 0 Å². The Balaban J connectivity index is 1.48. The minimum atomic E-state index is -3.54. The molecule has 2 aliphatic heterocycles. The number of rotatable bonds is 4. The smallest absolute Gasteiger partial charge is 0.301 e. The standard InChI is InChI=1S/C19H21BrN4O4S2/c1-12-7-15(3-4-16(12)24-6-2-5-21-30(24,27)28)23-10-14(9-18(23)25)22-19(26)17-8-13(20)11-29-17/h3-4,7-8,11,14,21H,2,5-6,9-10H2,1H3,(H,22,26)/t14-/m1/s1. The van der Waals surface area contributed by atoms with Gasteiger partial charge in [0.25, 0.3) is 5.91 Å². The number of benzene rings is 1. The van der Waals surface area contributed by atoms with E-state index in [0.29, 0.717) is 35.9 Å². The van der Waals surface area contributed by atoms with Crippen molar-refractivity contribution >= 4 is 60.7 Å². The first-order valence-electron chi connectivity index (χ1n) is 9.48. The number of hydrogen-bond acceptors (Lipinski definition) is 5. The van der Waals surface area contributed by atoms with Crippen molar-refractivity contribution in [2.75, 3.05) is 28.8 Å². The van der Waals surface area contributed by atoms with E-state index in [4.69, 9.17) is 0 Å². The zero-order chi connectivity index (χ0) is 21.5. The number of anilines is 2. The van der Waals surface area contributed by atoms with Gasteiger partial charge in [-0.15, -0.1) is 11.3 Å². The minimum absolute atomic E-state index is 0.0768. The fourth-order valence-electron chi connectivity index (χ4n) is 3.70. The molecule has 1 aromatic heterocycles. The molecule has 2 N–H and O–H groups in total. The molecule has 0 bridgehead atoms. The van der Waals surface area contributed by atoms with Crippen LogP contribution in [0.4, 0.5) is 11.4 Å². The summed E-state index contributed by atoms with van der Waals surface area (Å²) in [5.41, 5.74) is 2.06. The van der Waals surface area contributed by atoms with Crippen LogP contribution in [0.3, 0.4) is 0 Å². The second kappa shape index (κ2) is 8.29. The average molecular weight is 513 g/mol. The summed E-state index contributed by atoms with van der Waals surface area (Å²) >= 11 is 4.67. The summed E-state index contributed by atoms with van der Waals surface area (Å²) < 4.78 is 29.4. The van der Waals surface area contributed by atoms with Gasteiger partial charge in [-0.1, -0.05) is 0 Å². The molecule has 4 rings (SSSR count). The van der Waals surface area contributed by atoms with Gasteiger partial charge in [-0.05, 0) is 59.1 Å². The van der Waals surface area contributed by atoms with Crippen LogP contribution in [0.1, 0.15) is 28.1 Å². The molecule has 0 spiro atoms. The van der Waals surface area contributed by atoms with E-state index in [1.54, 1.807) is 23.1 Å². The Morgan fingerprint density at radius 1 is 1.33 bits per heavy atom. The molecule has 2 saturated heterocycles. The van der Waals surface area contributed by atoms with Gasteiger partial charge < -0.3 is 10.2 Å². The van der Waals surface area contributed by atoms with Gasteiger partial charge in [-0.2, -0.15) is 13.1 Å². The molecule has 11 heteroatoms. The van der Waals surface area contributed by atoms with Crippen molar-refractivity contribution in [1.29, 1.82) is 0 Å². The Hall–Kier alpha value is -1.95. The first-order chi connectivity index (χ1) is 14.2. The summed E-state index contributed by atoms with van der Waals surface area (Å²) in [6.07, 6.45) is 0.955. The molecule has 0 radical (unpaired) electrons. The molecule has 160 valence electrons. The molecular formula is C19H21BrN4O4S2. The van der Waals surface area contributed by atoms with Crippen LogP contribution in [-0.4, -0.2) is 45.9 Å². The van der Waals surface area contributed by atoms with Gasteiger partial charge in [-0.25, -0.2) is 0 Å². The Labute approximate surface area is 187 Å². The highest BCUT2D eigenvalue weighted by molar-refractivity contribution is 9.10. The van der Waals surface area contributed by atoms with Crippen LogP contribution >= 0.6 is 27.3 Å². The maximum absolute atomic E-state index is 12.6. The Morgan fingerprint density at radius 2 is 2.13 bits per heavy atom. The lowest BCUT2D eigenvalue weighted by Crippen LogP contribution is -2.47. The molecule has 0 aliphatic carbocycles. The third-order valence-corrected chi connectivity index (χ3v) is 8.34. The lowest BCUT2D eigenvalue weighted by atomic mass is 10.1. The number of halogens is 1. The van der Waals surface area contributed by atoms with Crippen LogP contribution in [0.15, 0.2) is 34.1 Å². The molecule has 2 fully saturated rings. The van der Waals surface area contributed by atoms with E-state index in [1.165, 1.54) is 15.6 Å². The highest BCUT2D eigenvalue weighted by Gasteiger charge is 2.33. The molecule has 1 aromatic carbocycles. The predicted molar refractivity (Wildman–Crippen MR) is 120 cm³/mol. The Morgan fingerprint density at radius 3 is 2.80 bits per heavy atom. The fraction of sp³-hybridized carbons (Fsp3) is 0.368. The number of amides is 2. The minimum Gasteiger partial charge on any atom is -0.346 e. The van der Waals surface area contributed by atoms with Crippen LogP contribution in [-0.2, 0) is 15.0 Å². The zero-order valence-corrected chi connectivity index (χ0v) is 19.4. The summed E-state index contributed by atoms with van der Waals surface area (Å²) in [7, 11) is -3.54. The normalized spacial score (nSPS) is 21.1. The van der Waals surface area contributed by atoms with Crippen LogP contribution in [0.5, 0.6) is 0 Å². The van der Waals surface area contributed by atoms with Crippen molar-refractivity contribution in [1.82, 2.24) is 10.0 Å². The van der Waals surface area contributed by atoms with E-state index in [9.17, 15) is 18.0 Å². The number of carbonyl (C=O) groups is 2. The quantitative estimate of drug-likeness (QED) is 0.656. The number of hydrogen-bond donors (Lipinski definition) is 2. The highest BCUT2D eigenvalue weighted by Crippen LogP contribution is 2.30. The van der Waals surface area contributed by atoms with Gasteiger partial charge in [0.2, 0.25) is 5.91 Å². The van der Waals surface area contributed by atoms with E-state index in [0.717, 1.165) is 16.5 Å². The lowest BCUT2D eigenvalue weighted by molar-refractivity contribution is -0.117. The number of nitrogens with one attached hydrogen (secondary N) is 2. The topological polar surface area (TPSA) is 98.8 Å². The number of thiophene rings is 1. The zero-order valence-electron chi connectivity index (χ0n) is 16.2. The summed E-state index contributed by atoms with van der Waals surface area (Å²) in [4.78, 5) is 27.2. The predicted octanol–water partition coefficient (Wildman–Crippen LogP) is 2.40. The SMILES string of the molecule is Cc1cc(N2C[C@H](NC(=O)c3cc(Br)cs3)CC2=O)ccc1N1CCCNS1(=O)=O. The fourth-order valence-corrected chi connectivity index (χ4v) is 6.42. The van der Waals surface area contributed by atoms with Crippen molar-refractivity contribution in [3.63, 3.8) is 0 Å². The molecule has 2 aliphatic rings. The largest absolute Gasteiger partial charge is 0.346 e. The maximum Gasteiger partial charge on any atom is 0.301 e. The maximum atomic E-state index is 12.6. The molecular weight excluding hydrogens is 492 g/mol. The van der Waals surface area contributed by atoms with Gasteiger partial charge in [0, 0.05) is 41.6 Å². The van der Waals surface area contributed by atoms with E-state index < -0.39 is 10.2 Å². The van der Waals surface area contributed by atoms with E-state index in [1.807, 2.05) is 18.4 Å². The first-order valence-corrected chi connectivity index (χ1v) is 12.6. The molecule has 2 amide bonds. The number of aryl methyl sites for hydroxylation is 1. The monoisotopic (exact) mass is 512 g/mol. The van der Waals surface area contributed by atoms with E-state index in [2.05, 4.69) is 26.0 Å². The molecule has 0 unspecified atom stereocenters. The van der Waals surface area contributed by atoms with Gasteiger partial charge in [0.05, 0.1) is 16.6 Å². The summed E-state index contributed by atoms with van der Waals surface area (Å²) in [6, 6.07) is 6.78. The highest BCUT2D eigenvalue weighted by atomic mass is 79.9. The Bertz CT molecular complexity index is 1100. The second-order valence-corrected chi connectivity index (χ2v) is 10.8. The number of nitrogens with zero attached hydrogens (tertiary/aromatic N) is 2. The van der Waals surface area contributed by atoms with E-state index >= 15 is 0 Å². The van der Waals surface area contributed by atoms with Crippen molar-refractivity contribution in [2.45, 2.75) is 25.8 Å². The van der Waals surface area contributed by atoms with Gasteiger partial charge >= 0.3 is 10.2 Å². The van der Waals surface area contributed by atoms with Crippen LogP contribution in [0.25, 0.3) is 0 Å². The van der Waals surface area contributed by atoms with Crippen molar-refractivity contribution in [3.05, 3.63) is 44.6 Å². The molecule has 30 heavy (non-hydrogen) atoms. The summed E-state index contributed by atoms with van der Waals surface area (Å²) in [5, 5.41) is 4.76. The number of carbonyl (C=O) groups excluding carboxylic acids is 2. The van der Waals surface area contributed by atoms with Gasteiger partial charge in [0.1, 0.15) is 0 Å². The third kappa shape index (κ3) is 4.25. The van der Waals surface area contributed by atoms with Crippen molar-refractivity contribution in [2.24, 2.45) is 0 Å². The molecule has 0 saturated carbocycles. The third-order valence-electron chi connectivity index (χ3n) is 5.12. The lowest BCUT2D eigenvalue weighted by Gasteiger charge is -2.30. The molecule has 3 heterocycles. The summed E-state index contributed by atoms with van der Waals surface area (Å²) in [6.45, 7) is 3.07. The van der Waals surface area contributed by atoms with Crippen LogP contribution in [0.2, 0.25) is 0 Å². The molecule has 1 atom stereocenters. The van der Waals surface area contributed by atoms with Gasteiger partial charge in [-0.3, -0.25) is 13.9 Å². The summed E-state index contributed by atoms with van der Waals surface area (Å²) in [5.74, 6) is -0.272. The van der Waals surface area contributed by atoms with Crippen LogP contribution < -0.4 is 19.2 Å². The van der Waals surface area contributed by atoms with Crippen molar-refractivity contribution in [3.8, 4) is 0 Å². The molecule has 8 nitrogen and oxygen atoms in total. The first kappa shape index (κ1) is 21.3. The second-order valence-electron chi connectivity index (χ2n) is 7.30. The Kier molecular flexibility index (Phi) is 5.88.